The molecule has 2 aliphatic rings. The third-order valence-corrected chi connectivity index (χ3v) is 5.22. The first kappa shape index (κ1) is 18.4. The lowest BCUT2D eigenvalue weighted by Crippen LogP contribution is -2.32. The van der Waals surface area contributed by atoms with Crippen LogP contribution in [0.25, 0.3) is 0 Å². The Morgan fingerprint density at radius 2 is 1.85 bits per heavy atom. The zero-order valence-electron chi connectivity index (χ0n) is 15.9. The zero-order chi connectivity index (χ0) is 18.5. The van der Waals surface area contributed by atoms with E-state index in [9.17, 15) is 0 Å². The van der Waals surface area contributed by atoms with Gasteiger partial charge in [0.1, 0.15) is 11.8 Å². The van der Waals surface area contributed by atoms with Gasteiger partial charge in [-0.1, -0.05) is 56.5 Å². The molecule has 0 saturated heterocycles. The topological polar surface area (TPSA) is 60.0 Å². The molecule has 4 heteroatoms. The van der Waals surface area contributed by atoms with E-state index in [1.807, 2.05) is 13.8 Å². The number of aliphatic imine (C=N–C) groups is 2. The van der Waals surface area contributed by atoms with Gasteiger partial charge in [0.15, 0.2) is 0 Å². The van der Waals surface area contributed by atoms with E-state index >= 15 is 0 Å². The molecular weight excluding hydrogens is 322 g/mol. The van der Waals surface area contributed by atoms with Crippen LogP contribution in [0, 0.1) is 0 Å². The third-order valence-electron chi connectivity index (χ3n) is 5.22. The van der Waals surface area contributed by atoms with Crippen molar-refractivity contribution in [2.45, 2.75) is 64.4 Å². The molecule has 0 radical (unpaired) electrons. The van der Waals surface area contributed by atoms with Crippen LogP contribution >= 0.6 is 0 Å². The molecule has 1 aliphatic carbocycles. The molecule has 1 saturated carbocycles. The van der Waals surface area contributed by atoms with Crippen molar-refractivity contribution < 1.29 is 4.74 Å². The SMILES string of the molecule is C=C/N=C1/OC(C)C(c2ccc(C3CCCCCC3)cc2)=N/C1=C(/C)N. The van der Waals surface area contributed by atoms with Gasteiger partial charge in [0, 0.05) is 11.9 Å². The smallest absolute Gasteiger partial charge is 0.242 e. The molecule has 138 valence electrons. The fraction of sp³-hybridized carbons (Fsp3) is 0.455. The van der Waals surface area contributed by atoms with E-state index in [4.69, 9.17) is 15.5 Å². The minimum absolute atomic E-state index is 0.180. The van der Waals surface area contributed by atoms with Crippen molar-refractivity contribution in [3.05, 3.63) is 59.6 Å². The van der Waals surface area contributed by atoms with Crippen molar-refractivity contribution >= 4 is 11.6 Å². The highest BCUT2D eigenvalue weighted by Gasteiger charge is 2.26. The zero-order valence-corrected chi connectivity index (χ0v) is 15.9. The summed E-state index contributed by atoms with van der Waals surface area (Å²) in [6.45, 7) is 7.43. The summed E-state index contributed by atoms with van der Waals surface area (Å²) < 4.78 is 5.94. The van der Waals surface area contributed by atoms with Gasteiger partial charge < -0.3 is 10.5 Å². The fourth-order valence-corrected chi connectivity index (χ4v) is 3.81. The summed E-state index contributed by atoms with van der Waals surface area (Å²) in [4.78, 5) is 8.92. The maximum absolute atomic E-state index is 5.99. The third kappa shape index (κ3) is 4.06. The van der Waals surface area contributed by atoms with E-state index in [1.165, 1.54) is 50.3 Å². The summed E-state index contributed by atoms with van der Waals surface area (Å²) in [6.07, 6.45) is 9.33. The van der Waals surface area contributed by atoms with Crippen molar-refractivity contribution in [1.82, 2.24) is 0 Å². The number of hydrogen-bond donors (Lipinski definition) is 1. The van der Waals surface area contributed by atoms with Crippen molar-refractivity contribution in [3.63, 3.8) is 0 Å². The molecule has 26 heavy (non-hydrogen) atoms. The van der Waals surface area contributed by atoms with Crippen LogP contribution in [0.4, 0.5) is 0 Å². The maximum atomic E-state index is 5.99. The van der Waals surface area contributed by atoms with Crippen molar-refractivity contribution in [3.8, 4) is 0 Å². The normalized spacial score (nSPS) is 25.2. The molecule has 4 nitrogen and oxygen atoms in total. The number of nitrogens with two attached hydrogens (primary N) is 1. The number of allylic oxidation sites excluding steroid dienone is 1. The van der Waals surface area contributed by atoms with Gasteiger partial charge in [0.2, 0.25) is 5.90 Å². The maximum Gasteiger partial charge on any atom is 0.242 e. The van der Waals surface area contributed by atoms with Crippen LogP contribution in [0.2, 0.25) is 0 Å². The highest BCUT2D eigenvalue weighted by Crippen LogP contribution is 2.32. The molecule has 1 aromatic carbocycles. The molecule has 1 unspecified atom stereocenters. The van der Waals surface area contributed by atoms with Gasteiger partial charge >= 0.3 is 0 Å². The molecule has 1 fully saturated rings. The Bertz CT molecular complexity index is 731. The largest absolute Gasteiger partial charge is 0.467 e. The Morgan fingerprint density at radius 1 is 1.19 bits per heavy atom. The summed E-state index contributed by atoms with van der Waals surface area (Å²) in [5, 5.41) is 0. The van der Waals surface area contributed by atoms with Crippen LogP contribution in [-0.2, 0) is 4.74 Å². The molecule has 0 amide bonds. The number of benzene rings is 1. The Morgan fingerprint density at radius 3 is 2.42 bits per heavy atom. The molecule has 2 N–H and O–H groups in total. The Balaban J connectivity index is 1.88. The molecule has 1 heterocycles. The quantitative estimate of drug-likeness (QED) is 0.773. The second-order valence-corrected chi connectivity index (χ2v) is 7.22. The number of rotatable bonds is 3. The lowest BCUT2D eigenvalue weighted by molar-refractivity contribution is 0.268. The van der Waals surface area contributed by atoms with E-state index in [-0.39, 0.29) is 6.10 Å². The highest BCUT2D eigenvalue weighted by molar-refractivity contribution is 6.11. The van der Waals surface area contributed by atoms with E-state index in [1.54, 1.807) is 0 Å². The molecule has 0 spiro atoms. The van der Waals surface area contributed by atoms with E-state index in [2.05, 4.69) is 35.8 Å². The van der Waals surface area contributed by atoms with Gasteiger partial charge in [-0.15, -0.1) is 0 Å². The number of nitrogens with zero attached hydrogens (tertiary/aromatic N) is 2. The average molecular weight is 351 g/mol. The molecule has 0 aromatic heterocycles. The van der Waals surface area contributed by atoms with Crippen molar-refractivity contribution in [2.24, 2.45) is 15.7 Å². The molecule has 3 rings (SSSR count). The lowest BCUT2D eigenvalue weighted by atomic mass is 9.90. The molecule has 1 atom stereocenters. The first-order valence-corrected chi connectivity index (χ1v) is 9.61. The summed E-state index contributed by atoms with van der Waals surface area (Å²) in [7, 11) is 0. The van der Waals surface area contributed by atoms with Crippen LogP contribution in [0.5, 0.6) is 0 Å². The monoisotopic (exact) mass is 351 g/mol. The molecule has 1 aromatic rings. The van der Waals surface area contributed by atoms with E-state index < -0.39 is 0 Å². The Kier molecular flexibility index (Phi) is 5.92. The second-order valence-electron chi connectivity index (χ2n) is 7.22. The van der Waals surface area contributed by atoms with E-state index in [0.717, 1.165) is 11.3 Å². The fourth-order valence-electron chi connectivity index (χ4n) is 3.81. The van der Waals surface area contributed by atoms with Crippen LogP contribution in [0.1, 0.15) is 69.4 Å². The van der Waals surface area contributed by atoms with Gasteiger partial charge in [-0.3, -0.25) is 0 Å². The summed E-state index contributed by atoms with van der Waals surface area (Å²) in [5.41, 5.74) is 10.6. The standard InChI is InChI=1S/C22H29N3O/c1-4-24-22-20(15(2)23)25-21(16(3)26-22)19-13-11-18(12-14-19)17-9-7-5-6-8-10-17/h4,11-14,16-17H,1,5-10,23H2,2-3H3/b20-15-,24-22+. The van der Waals surface area contributed by atoms with Gasteiger partial charge in [-0.05, 0) is 43.7 Å². The minimum Gasteiger partial charge on any atom is -0.467 e. The van der Waals surface area contributed by atoms with Crippen molar-refractivity contribution in [1.29, 1.82) is 0 Å². The van der Waals surface area contributed by atoms with Gasteiger partial charge in [0.25, 0.3) is 0 Å². The highest BCUT2D eigenvalue weighted by atomic mass is 16.5. The van der Waals surface area contributed by atoms with Crippen LogP contribution in [0.15, 0.2) is 58.4 Å². The first-order valence-electron chi connectivity index (χ1n) is 9.61. The van der Waals surface area contributed by atoms with Crippen LogP contribution in [0.3, 0.4) is 0 Å². The Labute approximate surface area is 156 Å². The van der Waals surface area contributed by atoms with Gasteiger partial charge in [-0.2, -0.15) is 0 Å². The molecular formula is C22H29N3O. The second kappa shape index (κ2) is 8.35. The molecule has 1 aliphatic heterocycles. The lowest BCUT2D eigenvalue weighted by Gasteiger charge is -2.25. The van der Waals surface area contributed by atoms with Crippen LogP contribution in [-0.4, -0.2) is 17.7 Å². The average Bonchev–Trinajstić information content (AvgIpc) is 2.91. The predicted octanol–water partition coefficient (Wildman–Crippen LogP) is 5.06. The summed E-state index contributed by atoms with van der Waals surface area (Å²) >= 11 is 0. The van der Waals surface area contributed by atoms with Gasteiger partial charge in [0.05, 0.1) is 5.71 Å². The summed E-state index contributed by atoms with van der Waals surface area (Å²) in [6, 6.07) is 8.84. The number of ether oxygens (including phenoxy) is 1. The van der Waals surface area contributed by atoms with E-state index in [0.29, 0.717) is 23.2 Å². The van der Waals surface area contributed by atoms with Crippen LogP contribution < -0.4 is 5.73 Å². The van der Waals surface area contributed by atoms with Gasteiger partial charge in [-0.25, -0.2) is 9.98 Å². The summed E-state index contributed by atoms with van der Waals surface area (Å²) in [5.74, 6) is 1.13. The predicted molar refractivity (Wildman–Crippen MR) is 108 cm³/mol. The number of hydrogen-bond acceptors (Lipinski definition) is 4. The minimum atomic E-state index is -0.180. The van der Waals surface area contributed by atoms with Crippen molar-refractivity contribution in [2.75, 3.05) is 0 Å². The Hall–Kier alpha value is -2.36. The first-order chi connectivity index (χ1) is 12.6. The molecule has 0 bridgehead atoms.